The average Bonchev–Trinajstić information content (AvgIpc) is 2.85. The first-order chi connectivity index (χ1) is 9.61. The highest BCUT2D eigenvalue weighted by Crippen LogP contribution is 2.24. The summed E-state index contributed by atoms with van der Waals surface area (Å²) in [4.78, 5) is 14.9. The van der Waals surface area contributed by atoms with Crippen molar-refractivity contribution in [2.24, 2.45) is 0 Å². The SMILES string of the molecule is CCNCc1nccn1Cc1ccc(Cl)cc1[N+](=O)[O-]. The lowest BCUT2D eigenvalue weighted by Crippen LogP contribution is -2.16. The Labute approximate surface area is 121 Å². The minimum absolute atomic E-state index is 0.0283. The molecule has 0 fully saturated rings. The van der Waals surface area contributed by atoms with Crippen LogP contribution in [0, 0.1) is 10.1 Å². The van der Waals surface area contributed by atoms with Crippen molar-refractivity contribution in [3.05, 3.63) is 57.1 Å². The summed E-state index contributed by atoms with van der Waals surface area (Å²) < 4.78 is 1.89. The van der Waals surface area contributed by atoms with Crippen LogP contribution in [0.4, 0.5) is 5.69 Å². The molecule has 0 aliphatic heterocycles. The molecule has 1 heterocycles. The molecule has 0 atom stereocenters. The molecule has 0 radical (unpaired) electrons. The van der Waals surface area contributed by atoms with E-state index in [4.69, 9.17) is 11.6 Å². The Hall–Kier alpha value is -1.92. The first-order valence-corrected chi connectivity index (χ1v) is 6.63. The molecule has 0 bridgehead atoms. The highest BCUT2D eigenvalue weighted by atomic mass is 35.5. The Morgan fingerprint density at radius 3 is 3.00 bits per heavy atom. The number of nitro groups is 1. The molecule has 0 saturated carbocycles. The van der Waals surface area contributed by atoms with Crippen molar-refractivity contribution in [1.82, 2.24) is 14.9 Å². The summed E-state index contributed by atoms with van der Waals surface area (Å²) in [6, 6.07) is 4.71. The zero-order chi connectivity index (χ0) is 14.5. The smallest absolute Gasteiger partial charge is 0.275 e. The van der Waals surface area contributed by atoms with E-state index < -0.39 is 4.92 Å². The van der Waals surface area contributed by atoms with Crippen molar-refractivity contribution in [1.29, 1.82) is 0 Å². The van der Waals surface area contributed by atoms with Gasteiger partial charge in [0.05, 0.1) is 18.0 Å². The predicted octanol–water partition coefficient (Wildman–Crippen LogP) is 2.60. The van der Waals surface area contributed by atoms with Gasteiger partial charge in [0, 0.05) is 29.0 Å². The fourth-order valence-electron chi connectivity index (χ4n) is 1.91. The van der Waals surface area contributed by atoms with Gasteiger partial charge in [-0.1, -0.05) is 18.5 Å². The van der Waals surface area contributed by atoms with Crippen LogP contribution in [0.3, 0.4) is 0 Å². The minimum atomic E-state index is -0.415. The highest BCUT2D eigenvalue weighted by Gasteiger charge is 2.15. The number of hydrogen-bond acceptors (Lipinski definition) is 4. The molecule has 0 aliphatic carbocycles. The minimum Gasteiger partial charge on any atom is -0.329 e. The lowest BCUT2D eigenvalue weighted by Gasteiger charge is -2.09. The van der Waals surface area contributed by atoms with Crippen LogP contribution in [0.25, 0.3) is 0 Å². The van der Waals surface area contributed by atoms with E-state index in [2.05, 4.69) is 10.3 Å². The molecule has 1 aromatic heterocycles. The van der Waals surface area contributed by atoms with Crippen LogP contribution in [0.5, 0.6) is 0 Å². The van der Waals surface area contributed by atoms with Gasteiger partial charge in [0.25, 0.3) is 5.69 Å². The van der Waals surface area contributed by atoms with Gasteiger partial charge in [-0.25, -0.2) is 4.98 Å². The van der Waals surface area contributed by atoms with Crippen LogP contribution >= 0.6 is 11.6 Å². The number of nitrogens with one attached hydrogen (secondary N) is 1. The van der Waals surface area contributed by atoms with E-state index in [1.165, 1.54) is 6.07 Å². The van der Waals surface area contributed by atoms with E-state index >= 15 is 0 Å². The highest BCUT2D eigenvalue weighted by molar-refractivity contribution is 6.30. The van der Waals surface area contributed by atoms with E-state index in [0.29, 0.717) is 23.7 Å². The third-order valence-electron chi connectivity index (χ3n) is 2.92. The van der Waals surface area contributed by atoms with Crippen LogP contribution in [-0.4, -0.2) is 21.0 Å². The van der Waals surface area contributed by atoms with Crippen LogP contribution in [0.15, 0.2) is 30.6 Å². The maximum Gasteiger partial charge on any atom is 0.275 e. The van der Waals surface area contributed by atoms with Crippen LogP contribution in [0.1, 0.15) is 18.3 Å². The van der Waals surface area contributed by atoms with Crippen molar-refractivity contribution in [2.45, 2.75) is 20.0 Å². The lowest BCUT2D eigenvalue weighted by molar-refractivity contribution is -0.385. The Bertz CT molecular complexity index is 612. The summed E-state index contributed by atoms with van der Waals surface area (Å²) in [7, 11) is 0. The molecule has 6 nitrogen and oxygen atoms in total. The van der Waals surface area contributed by atoms with Gasteiger partial charge >= 0.3 is 0 Å². The average molecular weight is 295 g/mol. The maximum atomic E-state index is 11.1. The van der Waals surface area contributed by atoms with E-state index in [0.717, 1.165) is 12.4 Å². The monoisotopic (exact) mass is 294 g/mol. The van der Waals surface area contributed by atoms with Crippen molar-refractivity contribution >= 4 is 17.3 Å². The van der Waals surface area contributed by atoms with Gasteiger partial charge in [-0.3, -0.25) is 10.1 Å². The standard InChI is InChI=1S/C13H15ClN4O2/c1-2-15-8-13-16-5-6-17(13)9-10-3-4-11(14)7-12(10)18(19)20/h3-7,15H,2,8-9H2,1H3. The molecule has 2 aromatic rings. The number of benzene rings is 1. The van der Waals surface area contributed by atoms with Crippen molar-refractivity contribution < 1.29 is 4.92 Å². The second kappa shape index (κ2) is 6.49. The Kier molecular flexibility index (Phi) is 4.70. The molecule has 0 amide bonds. The molecule has 106 valence electrons. The summed E-state index contributed by atoms with van der Waals surface area (Å²) in [6.07, 6.45) is 3.50. The zero-order valence-corrected chi connectivity index (χ0v) is 11.8. The van der Waals surface area contributed by atoms with Gasteiger partial charge in [0.15, 0.2) is 0 Å². The van der Waals surface area contributed by atoms with Gasteiger partial charge in [-0.05, 0) is 18.7 Å². The summed E-state index contributed by atoms with van der Waals surface area (Å²) in [6.45, 7) is 3.88. The fourth-order valence-corrected chi connectivity index (χ4v) is 2.08. The molecule has 0 saturated heterocycles. The van der Waals surface area contributed by atoms with Crippen LogP contribution in [-0.2, 0) is 13.1 Å². The second-order valence-electron chi connectivity index (χ2n) is 4.28. The second-order valence-corrected chi connectivity index (χ2v) is 4.72. The number of nitrogens with zero attached hydrogens (tertiary/aromatic N) is 3. The van der Waals surface area contributed by atoms with Gasteiger partial charge < -0.3 is 9.88 Å². The number of halogens is 1. The summed E-state index contributed by atoms with van der Waals surface area (Å²) >= 11 is 5.81. The van der Waals surface area contributed by atoms with E-state index in [9.17, 15) is 10.1 Å². The van der Waals surface area contributed by atoms with Gasteiger partial charge in [0.2, 0.25) is 0 Å². The van der Waals surface area contributed by atoms with Crippen LogP contribution < -0.4 is 5.32 Å². The van der Waals surface area contributed by atoms with E-state index in [1.54, 1.807) is 18.3 Å². The molecular weight excluding hydrogens is 280 g/mol. The molecule has 20 heavy (non-hydrogen) atoms. The first-order valence-electron chi connectivity index (χ1n) is 6.25. The number of aromatic nitrogens is 2. The lowest BCUT2D eigenvalue weighted by atomic mass is 10.2. The van der Waals surface area contributed by atoms with Crippen molar-refractivity contribution in [3.8, 4) is 0 Å². The third-order valence-corrected chi connectivity index (χ3v) is 3.15. The Balaban J connectivity index is 2.26. The molecule has 7 heteroatoms. The molecule has 1 N–H and O–H groups in total. The molecule has 1 aromatic carbocycles. The first kappa shape index (κ1) is 14.5. The van der Waals surface area contributed by atoms with Gasteiger partial charge in [-0.2, -0.15) is 0 Å². The number of hydrogen-bond donors (Lipinski definition) is 1. The van der Waals surface area contributed by atoms with Crippen LogP contribution in [0.2, 0.25) is 5.02 Å². The Morgan fingerprint density at radius 1 is 1.50 bits per heavy atom. The maximum absolute atomic E-state index is 11.1. The van der Waals surface area contributed by atoms with Crippen molar-refractivity contribution in [3.63, 3.8) is 0 Å². The predicted molar refractivity (Wildman–Crippen MR) is 76.8 cm³/mol. The van der Waals surface area contributed by atoms with Gasteiger partial charge in [-0.15, -0.1) is 0 Å². The molecule has 0 spiro atoms. The largest absolute Gasteiger partial charge is 0.329 e. The number of nitro benzene ring substituents is 1. The van der Waals surface area contributed by atoms with Gasteiger partial charge in [0.1, 0.15) is 5.82 Å². The molecular formula is C13H15ClN4O2. The van der Waals surface area contributed by atoms with Crippen molar-refractivity contribution in [2.75, 3.05) is 6.54 Å². The number of rotatable bonds is 6. The molecule has 2 rings (SSSR count). The van der Waals surface area contributed by atoms with E-state index in [-0.39, 0.29) is 5.69 Å². The summed E-state index contributed by atoms with van der Waals surface area (Å²) in [5, 5.41) is 14.6. The topological polar surface area (TPSA) is 73.0 Å². The molecule has 0 unspecified atom stereocenters. The number of imidazole rings is 1. The summed E-state index contributed by atoms with van der Waals surface area (Å²) in [5.74, 6) is 0.844. The third kappa shape index (κ3) is 3.34. The fraction of sp³-hybridized carbons (Fsp3) is 0.308. The summed E-state index contributed by atoms with van der Waals surface area (Å²) in [5.41, 5.74) is 0.635. The Morgan fingerprint density at radius 2 is 2.30 bits per heavy atom. The quantitative estimate of drug-likeness (QED) is 0.656. The van der Waals surface area contributed by atoms with E-state index in [1.807, 2.05) is 17.7 Å². The zero-order valence-electron chi connectivity index (χ0n) is 11.0. The normalized spacial score (nSPS) is 10.7. The molecule has 0 aliphatic rings.